The van der Waals surface area contributed by atoms with Crippen LogP contribution < -0.4 is 15.5 Å². The van der Waals surface area contributed by atoms with Gasteiger partial charge in [0, 0.05) is 72.8 Å². The van der Waals surface area contributed by atoms with Gasteiger partial charge in [0.15, 0.2) is 0 Å². The number of fused-ring (bicyclic) bond motifs is 1. The van der Waals surface area contributed by atoms with Gasteiger partial charge in [0.05, 0.1) is 5.52 Å². The Morgan fingerprint density at radius 1 is 1.00 bits per heavy atom. The Morgan fingerprint density at radius 3 is 2.57 bits per heavy atom. The molecule has 1 saturated heterocycles. The van der Waals surface area contributed by atoms with Crippen LogP contribution in [0.25, 0.3) is 22.0 Å². The van der Waals surface area contributed by atoms with Crippen molar-refractivity contribution in [2.24, 2.45) is 0 Å². The minimum absolute atomic E-state index is 0.259. The predicted octanol–water partition coefficient (Wildman–Crippen LogP) is 4.31. The number of likely N-dealkylation sites (N-methyl/N-ethyl adjacent to an activating group) is 1. The van der Waals surface area contributed by atoms with Crippen molar-refractivity contribution < 1.29 is 4.79 Å². The summed E-state index contributed by atoms with van der Waals surface area (Å²) in [4.78, 5) is 30.1. The highest BCUT2D eigenvalue weighted by Gasteiger charge is 2.14. The van der Waals surface area contributed by atoms with E-state index in [1.54, 1.807) is 18.6 Å². The van der Waals surface area contributed by atoms with Gasteiger partial charge in [-0.3, -0.25) is 9.78 Å². The van der Waals surface area contributed by atoms with Crippen LogP contribution >= 0.6 is 0 Å². The summed E-state index contributed by atoms with van der Waals surface area (Å²) in [6.07, 6.45) is 6.54. The van der Waals surface area contributed by atoms with Gasteiger partial charge in [0.1, 0.15) is 0 Å². The fourth-order valence-corrected chi connectivity index (χ4v) is 4.13. The van der Waals surface area contributed by atoms with Gasteiger partial charge in [0.25, 0.3) is 0 Å². The van der Waals surface area contributed by atoms with Crippen molar-refractivity contribution in [2.45, 2.75) is 0 Å². The van der Waals surface area contributed by atoms with E-state index in [2.05, 4.69) is 68.3 Å². The molecule has 8 nitrogen and oxygen atoms in total. The van der Waals surface area contributed by atoms with Crippen molar-refractivity contribution in [3.8, 4) is 11.1 Å². The average Bonchev–Trinajstić information content (AvgIpc) is 2.89. The van der Waals surface area contributed by atoms with Crippen molar-refractivity contribution in [1.82, 2.24) is 19.9 Å². The molecule has 3 heterocycles. The second-order valence-electron chi connectivity index (χ2n) is 8.55. The summed E-state index contributed by atoms with van der Waals surface area (Å²) in [5, 5.41) is 6.95. The quantitative estimate of drug-likeness (QED) is 0.410. The van der Waals surface area contributed by atoms with E-state index in [4.69, 9.17) is 4.98 Å². The smallest absolute Gasteiger partial charge is 0.247 e. The van der Waals surface area contributed by atoms with E-state index >= 15 is 0 Å². The van der Waals surface area contributed by atoms with Crippen LogP contribution in [0.5, 0.6) is 0 Å². The van der Waals surface area contributed by atoms with Crippen LogP contribution in [0.4, 0.5) is 23.0 Å². The maximum atomic E-state index is 11.7. The molecule has 2 aromatic heterocycles. The Morgan fingerprint density at radius 2 is 1.80 bits per heavy atom. The first-order valence-electron chi connectivity index (χ1n) is 11.5. The molecule has 2 aromatic carbocycles. The highest BCUT2D eigenvalue weighted by molar-refractivity contribution is 6.00. The SMILES string of the molecule is C=CC(=O)Nc1cccc(-c2cncc3cnc(Nc4ccc(N5CCN(C)CC5)cc4)nc23)c1. The van der Waals surface area contributed by atoms with E-state index in [1.807, 2.05) is 24.3 Å². The van der Waals surface area contributed by atoms with E-state index in [1.165, 1.54) is 11.8 Å². The largest absolute Gasteiger partial charge is 0.369 e. The lowest BCUT2D eigenvalue weighted by Crippen LogP contribution is -2.44. The Labute approximate surface area is 204 Å². The van der Waals surface area contributed by atoms with Gasteiger partial charge >= 0.3 is 0 Å². The molecule has 0 spiro atoms. The topological polar surface area (TPSA) is 86.3 Å². The molecular weight excluding hydrogens is 438 g/mol. The zero-order valence-electron chi connectivity index (χ0n) is 19.6. The van der Waals surface area contributed by atoms with Gasteiger partial charge in [-0.05, 0) is 55.1 Å². The molecule has 0 radical (unpaired) electrons. The third-order valence-electron chi connectivity index (χ3n) is 6.11. The summed E-state index contributed by atoms with van der Waals surface area (Å²) >= 11 is 0. The molecular formula is C27H27N7O. The van der Waals surface area contributed by atoms with Crippen LogP contribution in [0, 0.1) is 0 Å². The number of piperazine rings is 1. The van der Waals surface area contributed by atoms with Gasteiger partial charge in [-0.25, -0.2) is 9.97 Å². The normalized spacial score (nSPS) is 14.0. The van der Waals surface area contributed by atoms with Crippen molar-refractivity contribution >= 4 is 39.8 Å². The average molecular weight is 466 g/mol. The van der Waals surface area contributed by atoms with Crippen LogP contribution in [0.1, 0.15) is 0 Å². The first kappa shape index (κ1) is 22.5. The van der Waals surface area contributed by atoms with Crippen molar-refractivity contribution in [2.75, 3.05) is 48.8 Å². The Balaban J connectivity index is 1.39. The van der Waals surface area contributed by atoms with Gasteiger partial charge in [-0.2, -0.15) is 0 Å². The molecule has 5 rings (SSSR count). The highest BCUT2D eigenvalue weighted by Crippen LogP contribution is 2.29. The van der Waals surface area contributed by atoms with E-state index < -0.39 is 0 Å². The summed E-state index contributed by atoms with van der Waals surface area (Å²) < 4.78 is 0. The second-order valence-corrected chi connectivity index (χ2v) is 8.55. The monoisotopic (exact) mass is 465 g/mol. The number of aromatic nitrogens is 3. The first-order chi connectivity index (χ1) is 17.1. The minimum Gasteiger partial charge on any atom is -0.369 e. The van der Waals surface area contributed by atoms with Crippen LogP contribution in [-0.2, 0) is 4.79 Å². The first-order valence-corrected chi connectivity index (χ1v) is 11.5. The van der Waals surface area contributed by atoms with Gasteiger partial charge in [0.2, 0.25) is 11.9 Å². The molecule has 4 aromatic rings. The molecule has 35 heavy (non-hydrogen) atoms. The molecule has 176 valence electrons. The number of benzene rings is 2. The number of carbonyl (C=O) groups excluding carboxylic acids is 1. The molecule has 0 bridgehead atoms. The zero-order valence-corrected chi connectivity index (χ0v) is 19.6. The number of nitrogens with zero attached hydrogens (tertiary/aromatic N) is 5. The van der Waals surface area contributed by atoms with Crippen molar-refractivity contribution in [1.29, 1.82) is 0 Å². The predicted molar refractivity (Wildman–Crippen MR) is 141 cm³/mol. The third-order valence-corrected chi connectivity index (χ3v) is 6.11. The lowest BCUT2D eigenvalue weighted by Gasteiger charge is -2.34. The fraction of sp³-hybridized carbons (Fsp3) is 0.185. The zero-order chi connectivity index (χ0) is 24.2. The summed E-state index contributed by atoms with van der Waals surface area (Å²) in [7, 11) is 2.16. The Bertz CT molecular complexity index is 1360. The van der Waals surface area contributed by atoms with Crippen LogP contribution in [0.15, 0.2) is 79.8 Å². The van der Waals surface area contributed by atoms with E-state index in [0.29, 0.717) is 11.6 Å². The highest BCUT2D eigenvalue weighted by atomic mass is 16.1. The van der Waals surface area contributed by atoms with Gasteiger partial charge in [-0.15, -0.1) is 0 Å². The van der Waals surface area contributed by atoms with E-state index in [0.717, 1.165) is 53.9 Å². The number of rotatable bonds is 6. The van der Waals surface area contributed by atoms with Crippen molar-refractivity contribution in [3.63, 3.8) is 0 Å². The minimum atomic E-state index is -0.259. The third kappa shape index (κ3) is 5.12. The molecule has 1 aliphatic rings. The molecule has 1 aliphatic heterocycles. The summed E-state index contributed by atoms with van der Waals surface area (Å²) in [6.45, 7) is 7.72. The van der Waals surface area contributed by atoms with Gasteiger partial charge < -0.3 is 20.4 Å². The molecule has 1 amide bonds. The Hall–Kier alpha value is -4.30. The van der Waals surface area contributed by atoms with Crippen LogP contribution in [0.3, 0.4) is 0 Å². The van der Waals surface area contributed by atoms with Gasteiger partial charge in [-0.1, -0.05) is 18.7 Å². The number of hydrogen-bond donors (Lipinski definition) is 2. The summed E-state index contributed by atoms with van der Waals surface area (Å²) in [5.74, 6) is 0.249. The standard InChI is InChI=1S/C27H27N7O/c1-3-25(35)30-22-6-4-5-19(15-22)24-18-28-16-20-17-29-27(32-26(20)24)31-21-7-9-23(10-8-21)34-13-11-33(2)12-14-34/h3-10,15-18H,1,11-14H2,2H3,(H,30,35)(H,29,31,32). The molecule has 1 fully saturated rings. The number of pyridine rings is 1. The molecule has 0 saturated carbocycles. The van der Waals surface area contributed by atoms with E-state index in [9.17, 15) is 4.79 Å². The number of amides is 1. The van der Waals surface area contributed by atoms with Crippen LogP contribution in [-0.4, -0.2) is 59.0 Å². The summed E-state index contributed by atoms with van der Waals surface area (Å²) in [6, 6.07) is 15.9. The molecule has 8 heteroatoms. The second kappa shape index (κ2) is 9.90. The lowest BCUT2D eigenvalue weighted by atomic mass is 10.0. The molecule has 2 N–H and O–H groups in total. The maximum Gasteiger partial charge on any atom is 0.247 e. The number of carbonyl (C=O) groups is 1. The summed E-state index contributed by atoms with van der Waals surface area (Å²) in [5.41, 5.74) is 5.35. The molecule has 0 atom stereocenters. The molecule has 0 aliphatic carbocycles. The number of anilines is 4. The number of nitrogens with one attached hydrogen (secondary N) is 2. The van der Waals surface area contributed by atoms with E-state index in [-0.39, 0.29) is 5.91 Å². The fourth-order valence-electron chi connectivity index (χ4n) is 4.13. The Kier molecular flexibility index (Phi) is 6.36. The maximum absolute atomic E-state index is 11.7. The van der Waals surface area contributed by atoms with Crippen LogP contribution in [0.2, 0.25) is 0 Å². The lowest BCUT2D eigenvalue weighted by molar-refractivity contribution is -0.111. The molecule has 0 unspecified atom stereocenters. The van der Waals surface area contributed by atoms with Crippen molar-refractivity contribution in [3.05, 3.63) is 79.8 Å². The number of hydrogen-bond acceptors (Lipinski definition) is 7.